The Morgan fingerprint density at radius 3 is 2.23 bits per heavy atom. The molecule has 0 radical (unpaired) electrons. The van der Waals surface area contributed by atoms with Crippen LogP contribution in [0.2, 0.25) is 0 Å². The van der Waals surface area contributed by atoms with Gasteiger partial charge in [0.2, 0.25) is 4.96 Å². The molecule has 214 valence electrons. The van der Waals surface area contributed by atoms with Crippen molar-refractivity contribution in [2.24, 2.45) is 0 Å². The number of rotatable bonds is 7. The zero-order valence-electron chi connectivity index (χ0n) is 23.6. The Hall–Kier alpha value is -5.67. The third-order valence-electron chi connectivity index (χ3n) is 7.17. The highest BCUT2D eigenvalue weighted by Crippen LogP contribution is 2.29. The minimum Gasteiger partial charge on any atom is -0.489 e. The van der Waals surface area contributed by atoms with Crippen LogP contribution in [0.15, 0.2) is 125 Å². The summed E-state index contributed by atoms with van der Waals surface area (Å²) >= 11 is 1.12. The van der Waals surface area contributed by atoms with Crippen molar-refractivity contribution in [1.82, 2.24) is 24.4 Å². The van der Waals surface area contributed by atoms with Crippen LogP contribution in [0.1, 0.15) is 16.7 Å². The number of aromatic nitrogens is 5. The van der Waals surface area contributed by atoms with E-state index in [0.29, 0.717) is 22.4 Å². The SMILES string of the molecule is Cc1cc(-c2nn(-c3ccccc3)cc2/C=c2\sc3nc(=O)c(-c4ccccc4)nn3c2=O)ccc1OCc1ccccc1. The Balaban J connectivity index is 1.32. The molecule has 7 rings (SSSR count). The van der Waals surface area contributed by atoms with Gasteiger partial charge in [-0.3, -0.25) is 9.59 Å². The smallest absolute Gasteiger partial charge is 0.300 e. The van der Waals surface area contributed by atoms with Gasteiger partial charge in [0.25, 0.3) is 5.56 Å². The van der Waals surface area contributed by atoms with E-state index < -0.39 is 5.56 Å². The summed E-state index contributed by atoms with van der Waals surface area (Å²) in [4.78, 5) is 30.7. The molecule has 4 aromatic carbocycles. The first-order valence-corrected chi connectivity index (χ1v) is 14.8. The first kappa shape index (κ1) is 27.2. The molecule has 3 heterocycles. The van der Waals surface area contributed by atoms with Crippen molar-refractivity contribution < 1.29 is 4.74 Å². The van der Waals surface area contributed by atoms with Crippen molar-refractivity contribution in [3.05, 3.63) is 157 Å². The van der Waals surface area contributed by atoms with Crippen LogP contribution in [0.5, 0.6) is 5.75 Å². The van der Waals surface area contributed by atoms with E-state index in [-0.39, 0.29) is 16.2 Å². The Kier molecular flexibility index (Phi) is 7.13. The van der Waals surface area contributed by atoms with E-state index in [1.54, 1.807) is 22.9 Å². The van der Waals surface area contributed by atoms with E-state index in [1.807, 2.05) is 110 Å². The molecule has 0 N–H and O–H groups in total. The molecule has 7 aromatic rings. The third kappa shape index (κ3) is 5.32. The van der Waals surface area contributed by atoms with E-state index in [4.69, 9.17) is 9.84 Å². The molecule has 0 saturated heterocycles. The molecule has 0 atom stereocenters. The lowest BCUT2D eigenvalue weighted by molar-refractivity contribution is 0.304. The number of fused-ring (bicyclic) bond motifs is 1. The normalized spacial score (nSPS) is 11.7. The molecule has 0 saturated carbocycles. The van der Waals surface area contributed by atoms with E-state index in [2.05, 4.69) is 10.1 Å². The molecule has 0 bridgehead atoms. The summed E-state index contributed by atoms with van der Waals surface area (Å²) in [7, 11) is 0. The largest absolute Gasteiger partial charge is 0.489 e. The van der Waals surface area contributed by atoms with Crippen LogP contribution >= 0.6 is 11.3 Å². The van der Waals surface area contributed by atoms with Gasteiger partial charge in [0, 0.05) is 22.9 Å². The van der Waals surface area contributed by atoms with Gasteiger partial charge in [0.1, 0.15) is 18.1 Å². The second kappa shape index (κ2) is 11.5. The molecule has 0 aliphatic rings. The number of hydrogen-bond donors (Lipinski definition) is 0. The Morgan fingerprint density at radius 2 is 1.50 bits per heavy atom. The Labute approximate surface area is 255 Å². The molecule has 0 aliphatic carbocycles. The zero-order chi connectivity index (χ0) is 30.0. The predicted octanol–water partition coefficient (Wildman–Crippen LogP) is 5.47. The average molecular weight is 596 g/mol. The maximum absolute atomic E-state index is 13.5. The molecular formula is C35H25N5O3S. The van der Waals surface area contributed by atoms with Gasteiger partial charge < -0.3 is 4.74 Å². The molecule has 44 heavy (non-hydrogen) atoms. The van der Waals surface area contributed by atoms with E-state index in [9.17, 15) is 9.59 Å². The first-order valence-electron chi connectivity index (χ1n) is 14.0. The van der Waals surface area contributed by atoms with Gasteiger partial charge in [0.05, 0.1) is 10.2 Å². The standard InChI is InChI=1S/C35H25N5O3S/c1-23-19-26(17-18-29(23)43-22-24-11-5-2-6-12-24)31-27(21-39(37-31)28-15-9-4-10-16-28)20-30-34(42)40-35(44-30)36-33(41)32(38-40)25-13-7-3-8-14-25/h2-21H,22H2,1H3/b30-20-. The van der Waals surface area contributed by atoms with Crippen LogP contribution in [-0.2, 0) is 6.61 Å². The molecular weight excluding hydrogens is 570 g/mol. The highest BCUT2D eigenvalue weighted by atomic mass is 32.1. The second-order valence-electron chi connectivity index (χ2n) is 10.2. The lowest BCUT2D eigenvalue weighted by Crippen LogP contribution is -2.26. The number of nitrogens with zero attached hydrogens (tertiary/aromatic N) is 5. The van der Waals surface area contributed by atoms with Crippen molar-refractivity contribution >= 4 is 22.4 Å². The van der Waals surface area contributed by atoms with Crippen molar-refractivity contribution in [2.45, 2.75) is 13.5 Å². The highest BCUT2D eigenvalue weighted by Gasteiger charge is 2.16. The molecule has 0 spiro atoms. The van der Waals surface area contributed by atoms with Crippen molar-refractivity contribution in [2.75, 3.05) is 0 Å². The summed E-state index contributed by atoms with van der Waals surface area (Å²) in [5.74, 6) is 0.785. The minimum atomic E-state index is -0.480. The summed E-state index contributed by atoms with van der Waals surface area (Å²) in [6, 6.07) is 34.8. The average Bonchev–Trinajstić information content (AvgIpc) is 3.61. The molecule has 0 unspecified atom stereocenters. The highest BCUT2D eigenvalue weighted by molar-refractivity contribution is 7.15. The van der Waals surface area contributed by atoms with Gasteiger partial charge in [-0.25, -0.2) is 4.68 Å². The lowest BCUT2D eigenvalue weighted by atomic mass is 10.0. The molecule has 0 aliphatic heterocycles. The quantitative estimate of drug-likeness (QED) is 0.243. The monoisotopic (exact) mass is 595 g/mol. The lowest BCUT2D eigenvalue weighted by Gasteiger charge is -2.10. The summed E-state index contributed by atoms with van der Waals surface area (Å²) < 4.78 is 9.48. The maximum atomic E-state index is 13.5. The van der Waals surface area contributed by atoms with Crippen LogP contribution in [-0.4, -0.2) is 24.4 Å². The van der Waals surface area contributed by atoms with Crippen LogP contribution < -0.4 is 20.4 Å². The summed E-state index contributed by atoms with van der Waals surface area (Å²) in [5.41, 5.74) is 5.15. The van der Waals surface area contributed by atoms with Crippen molar-refractivity contribution in [3.63, 3.8) is 0 Å². The van der Waals surface area contributed by atoms with Crippen LogP contribution in [0.3, 0.4) is 0 Å². The van der Waals surface area contributed by atoms with Gasteiger partial charge >= 0.3 is 5.56 Å². The number of hydrogen-bond acceptors (Lipinski definition) is 7. The molecule has 3 aromatic heterocycles. The minimum absolute atomic E-state index is 0.132. The molecule has 0 fully saturated rings. The summed E-state index contributed by atoms with van der Waals surface area (Å²) in [5, 5.41) is 9.31. The summed E-state index contributed by atoms with van der Waals surface area (Å²) in [6.45, 7) is 2.47. The first-order chi connectivity index (χ1) is 21.5. The zero-order valence-corrected chi connectivity index (χ0v) is 24.4. The third-order valence-corrected chi connectivity index (χ3v) is 8.13. The van der Waals surface area contributed by atoms with E-state index in [0.717, 1.165) is 45.0 Å². The van der Waals surface area contributed by atoms with Gasteiger partial charge in [-0.05, 0) is 54.5 Å². The van der Waals surface area contributed by atoms with Crippen LogP contribution in [0.4, 0.5) is 0 Å². The van der Waals surface area contributed by atoms with Crippen molar-refractivity contribution in [1.29, 1.82) is 0 Å². The van der Waals surface area contributed by atoms with Crippen LogP contribution in [0.25, 0.3) is 39.2 Å². The number of thiazole rings is 1. The Bertz CT molecular complexity index is 2280. The maximum Gasteiger partial charge on any atom is 0.300 e. The summed E-state index contributed by atoms with van der Waals surface area (Å²) in [6.07, 6.45) is 3.68. The fraction of sp³-hybridized carbons (Fsp3) is 0.0571. The van der Waals surface area contributed by atoms with Gasteiger partial charge in [-0.15, -0.1) is 0 Å². The molecule has 8 nitrogen and oxygen atoms in total. The predicted molar refractivity (Wildman–Crippen MR) is 172 cm³/mol. The van der Waals surface area contributed by atoms with E-state index in [1.165, 1.54) is 4.52 Å². The number of ether oxygens (including phenoxy) is 1. The van der Waals surface area contributed by atoms with Gasteiger partial charge in [-0.1, -0.05) is 90.2 Å². The topological polar surface area (TPSA) is 91.4 Å². The van der Waals surface area contributed by atoms with Crippen LogP contribution in [0, 0.1) is 6.92 Å². The number of para-hydroxylation sites is 1. The number of aryl methyl sites for hydroxylation is 1. The van der Waals surface area contributed by atoms with Gasteiger partial charge in [0.15, 0.2) is 5.69 Å². The number of benzene rings is 4. The van der Waals surface area contributed by atoms with Crippen molar-refractivity contribution in [3.8, 4) is 34.0 Å². The fourth-order valence-electron chi connectivity index (χ4n) is 4.95. The van der Waals surface area contributed by atoms with Gasteiger partial charge in [-0.2, -0.15) is 19.7 Å². The Morgan fingerprint density at radius 1 is 0.795 bits per heavy atom. The van der Waals surface area contributed by atoms with E-state index >= 15 is 0 Å². The molecule has 0 amide bonds. The second-order valence-corrected chi connectivity index (χ2v) is 11.2. The fourth-order valence-corrected chi connectivity index (χ4v) is 5.85. The molecule has 9 heteroatoms.